The lowest BCUT2D eigenvalue weighted by Gasteiger charge is -2.37. The van der Waals surface area contributed by atoms with Gasteiger partial charge >= 0.3 is 0 Å². The van der Waals surface area contributed by atoms with Gasteiger partial charge in [-0.1, -0.05) is 13.8 Å². The third-order valence-corrected chi connectivity index (χ3v) is 5.24. The van der Waals surface area contributed by atoms with E-state index in [2.05, 4.69) is 50.9 Å². The van der Waals surface area contributed by atoms with Crippen molar-refractivity contribution in [2.24, 2.45) is 0 Å². The molecular formula is C9H23NS2. The second kappa shape index (κ2) is 6.17. The van der Waals surface area contributed by atoms with Gasteiger partial charge in [-0.3, -0.25) is 4.31 Å². The molecule has 0 aromatic rings. The number of nitrogens with zero attached hydrogens (tertiary/aromatic N) is 1. The smallest absolute Gasteiger partial charge is 0.0163 e. The van der Waals surface area contributed by atoms with Crippen molar-refractivity contribution in [3.63, 3.8) is 0 Å². The van der Waals surface area contributed by atoms with E-state index in [0.29, 0.717) is 6.04 Å². The number of rotatable bonds is 5. The fraction of sp³-hybridized carbons (Fsp3) is 1.00. The van der Waals surface area contributed by atoms with Gasteiger partial charge in [-0.2, -0.15) is 23.7 Å². The van der Waals surface area contributed by atoms with Crippen molar-refractivity contribution in [3.05, 3.63) is 0 Å². The molecule has 12 heavy (non-hydrogen) atoms. The average Bonchev–Trinajstić information content (AvgIpc) is 1.98. The molecule has 3 heteroatoms. The van der Waals surface area contributed by atoms with Gasteiger partial charge in [0.1, 0.15) is 0 Å². The van der Waals surface area contributed by atoms with E-state index in [1.54, 1.807) is 0 Å². The van der Waals surface area contributed by atoms with E-state index in [9.17, 15) is 0 Å². The molecule has 0 radical (unpaired) electrons. The molecule has 0 bridgehead atoms. The van der Waals surface area contributed by atoms with Gasteiger partial charge in [0.05, 0.1) is 0 Å². The molecule has 1 atom stereocenters. The van der Waals surface area contributed by atoms with Gasteiger partial charge < -0.3 is 0 Å². The molecule has 0 heterocycles. The Hall–Kier alpha value is 0.660. The summed E-state index contributed by atoms with van der Waals surface area (Å²) in [4.78, 5) is 0. The van der Waals surface area contributed by atoms with Crippen molar-refractivity contribution in [2.75, 3.05) is 18.6 Å². The Labute approximate surface area is 85.8 Å². The van der Waals surface area contributed by atoms with Crippen molar-refractivity contribution in [1.82, 2.24) is 4.31 Å². The SMILES string of the molecule is CC(C)N(CCS)[SH](C)C(C)C. The maximum atomic E-state index is 4.29. The molecule has 0 amide bonds. The zero-order chi connectivity index (χ0) is 9.72. The van der Waals surface area contributed by atoms with Crippen LogP contribution in [0.2, 0.25) is 0 Å². The lowest BCUT2D eigenvalue weighted by molar-refractivity contribution is 0.412. The van der Waals surface area contributed by atoms with E-state index in [0.717, 1.165) is 17.5 Å². The first kappa shape index (κ1) is 12.7. The van der Waals surface area contributed by atoms with Crippen molar-refractivity contribution in [1.29, 1.82) is 0 Å². The maximum Gasteiger partial charge on any atom is 0.0163 e. The monoisotopic (exact) mass is 209 g/mol. The number of thiol groups is 2. The van der Waals surface area contributed by atoms with Gasteiger partial charge in [0.15, 0.2) is 0 Å². The molecule has 1 nitrogen and oxygen atoms in total. The highest BCUT2D eigenvalue weighted by Gasteiger charge is 2.15. The molecule has 0 aromatic carbocycles. The summed E-state index contributed by atoms with van der Waals surface area (Å²) in [5.41, 5.74) is 0. The molecular weight excluding hydrogens is 186 g/mol. The van der Waals surface area contributed by atoms with E-state index in [4.69, 9.17) is 0 Å². The number of hydrogen-bond donors (Lipinski definition) is 2. The van der Waals surface area contributed by atoms with E-state index in [1.807, 2.05) is 0 Å². The van der Waals surface area contributed by atoms with Gasteiger partial charge in [0, 0.05) is 18.3 Å². The molecule has 76 valence electrons. The van der Waals surface area contributed by atoms with Crippen LogP contribution in [0.4, 0.5) is 0 Å². The molecule has 0 aliphatic heterocycles. The summed E-state index contributed by atoms with van der Waals surface area (Å²) < 4.78 is 2.58. The quantitative estimate of drug-likeness (QED) is 0.658. The molecule has 0 rings (SSSR count). The normalized spacial score (nSPS) is 16.2. The maximum absolute atomic E-state index is 4.29. The first-order chi connectivity index (χ1) is 5.50. The molecule has 0 aliphatic carbocycles. The highest BCUT2D eigenvalue weighted by molar-refractivity contribution is 8.14. The van der Waals surface area contributed by atoms with Crippen LogP contribution in [-0.4, -0.2) is 34.2 Å². The Morgan fingerprint density at radius 1 is 1.25 bits per heavy atom. The van der Waals surface area contributed by atoms with Crippen LogP contribution in [0, 0.1) is 0 Å². The lowest BCUT2D eigenvalue weighted by atomic mass is 10.4. The van der Waals surface area contributed by atoms with Crippen LogP contribution in [0.1, 0.15) is 27.7 Å². The minimum atomic E-state index is 0.0361. The third-order valence-electron chi connectivity index (χ3n) is 2.08. The van der Waals surface area contributed by atoms with Crippen LogP contribution in [0.5, 0.6) is 0 Å². The molecule has 0 spiro atoms. The molecule has 0 aromatic heterocycles. The molecule has 0 fully saturated rings. The van der Waals surface area contributed by atoms with E-state index < -0.39 is 0 Å². The second-order valence-electron chi connectivity index (χ2n) is 3.65. The summed E-state index contributed by atoms with van der Waals surface area (Å²) in [5.74, 6) is 0.970. The van der Waals surface area contributed by atoms with Gasteiger partial charge in [0.25, 0.3) is 0 Å². The summed E-state index contributed by atoms with van der Waals surface area (Å²) in [7, 11) is 0. The summed E-state index contributed by atoms with van der Waals surface area (Å²) in [6.45, 7) is 10.3. The van der Waals surface area contributed by atoms with E-state index in [1.165, 1.54) is 0 Å². The Balaban J connectivity index is 4.09. The third kappa shape index (κ3) is 4.06. The summed E-state index contributed by atoms with van der Waals surface area (Å²) in [6, 6.07) is 0.663. The lowest BCUT2D eigenvalue weighted by Crippen LogP contribution is -2.31. The Kier molecular flexibility index (Phi) is 6.50. The fourth-order valence-corrected chi connectivity index (χ4v) is 3.29. The van der Waals surface area contributed by atoms with Crippen molar-refractivity contribution < 1.29 is 0 Å². The van der Waals surface area contributed by atoms with Crippen LogP contribution in [0.3, 0.4) is 0 Å². The van der Waals surface area contributed by atoms with Crippen LogP contribution in [0.15, 0.2) is 0 Å². The predicted molar refractivity (Wildman–Crippen MR) is 65.7 cm³/mol. The average molecular weight is 209 g/mol. The van der Waals surface area contributed by atoms with Crippen LogP contribution in [0.25, 0.3) is 0 Å². The first-order valence-electron chi connectivity index (χ1n) is 4.61. The molecule has 1 unspecified atom stereocenters. The Morgan fingerprint density at radius 3 is 2.00 bits per heavy atom. The minimum Gasteiger partial charge on any atom is -0.267 e. The zero-order valence-electron chi connectivity index (χ0n) is 8.91. The van der Waals surface area contributed by atoms with E-state index >= 15 is 0 Å². The second-order valence-corrected chi connectivity index (χ2v) is 6.79. The standard InChI is InChI=1S/C9H23NS2/c1-8(2)10(6-7-11)12(5)9(3)4/h8-9,11-12H,6-7H2,1-5H3. The number of hydrogen-bond acceptors (Lipinski definition) is 2. The van der Waals surface area contributed by atoms with Gasteiger partial charge in [0.2, 0.25) is 0 Å². The van der Waals surface area contributed by atoms with E-state index in [-0.39, 0.29) is 11.1 Å². The zero-order valence-corrected chi connectivity index (χ0v) is 10.7. The highest BCUT2D eigenvalue weighted by Crippen LogP contribution is 2.33. The van der Waals surface area contributed by atoms with Crippen molar-refractivity contribution in [3.8, 4) is 0 Å². The van der Waals surface area contributed by atoms with Crippen LogP contribution < -0.4 is 0 Å². The summed E-state index contributed by atoms with van der Waals surface area (Å²) in [5, 5.41) is 0.794. The molecule has 0 saturated heterocycles. The first-order valence-corrected chi connectivity index (χ1v) is 7.05. The molecule has 0 N–H and O–H groups in total. The highest BCUT2D eigenvalue weighted by atomic mass is 32.2. The Bertz CT molecular complexity index is 115. The van der Waals surface area contributed by atoms with Crippen LogP contribution >= 0.6 is 23.7 Å². The Morgan fingerprint density at radius 2 is 1.75 bits per heavy atom. The fourth-order valence-electron chi connectivity index (χ4n) is 1.18. The van der Waals surface area contributed by atoms with Gasteiger partial charge in [-0.25, -0.2) is 0 Å². The molecule has 0 aliphatic rings. The predicted octanol–water partition coefficient (Wildman–Crippen LogP) is 2.58. The van der Waals surface area contributed by atoms with Gasteiger partial charge in [-0.15, -0.1) is 0 Å². The van der Waals surface area contributed by atoms with Crippen molar-refractivity contribution in [2.45, 2.75) is 39.0 Å². The van der Waals surface area contributed by atoms with Crippen LogP contribution in [-0.2, 0) is 0 Å². The summed E-state index contributed by atoms with van der Waals surface area (Å²) in [6.07, 6.45) is 2.36. The molecule has 0 saturated carbocycles. The minimum absolute atomic E-state index is 0.0361. The van der Waals surface area contributed by atoms with Gasteiger partial charge in [-0.05, 0) is 25.4 Å². The van der Waals surface area contributed by atoms with Crippen molar-refractivity contribution >= 4 is 23.7 Å². The summed E-state index contributed by atoms with van der Waals surface area (Å²) >= 11 is 4.32. The largest absolute Gasteiger partial charge is 0.267 e. The topological polar surface area (TPSA) is 3.24 Å².